The molecule has 12 rings (SSSR count). The van der Waals surface area contributed by atoms with E-state index in [9.17, 15) is 0 Å². The highest BCUT2D eigenvalue weighted by Crippen LogP contribution is 2.60. The Morgan fingerprint density at radius 2 is 1.26 bits per heavy atom. The SMILES string of the molecule is CC1c2ccccc2N2c3ccccc3-c3nc(-n4c5ccccc5c5cc6c(cc54)C(C)(C)c4c-6ccc5ccccc45)nc(-c4ccccc4)c3C12. The van der Waals surface area contributed by atoms with Crippen molar-refractivity contribution in [1.29, 1.82) is 0 Å². The van der Waals surface area contributed by atoms with Crippen molar-refractivity contribution in [3.63, 3.8) is 0 Å². The summed E-state index contributed by atoms with van der Waals surface area (Å²) < 4.78 is 2.33. The van der Waals surface area contributed by atoms with Crippen molar-refractivity contribution in [3.8, 4) is 39.6 Å². The third-order valence-electron chi connectivity index (χ3n) is 12.7. The number of hydrogen-bond acceptors (Lipinski definition) is 3. The van der Waals surface area contributed by atoms with E-state index in [2.05, 4.69) is 182 Å². The van der Waals surface area contributed by atoms with Gasteiger partial charge in [0.2, 0.25) is 5.95 Å². The van der Waals surface area contributed by atoms with E-state index in [0.717, 1.165) is 33.5 Å². The quantitative estimate of drug-likeness (QED) is 0.181. The first-order chi connectivity index (χ1) is 26.5. The van der Waals surface area contributed by atoms with Gasteiger partial charge in [0, 0.05) is 44.5 Å². The molecule has 7 aromatic carbocycles. The Morgan fingerprint density at radius 3 is 2.13 bits per heavy atom. The Hall–Kier alpha value is -6.52. The zero-order valence-electron chi connectivity index (χ0n) is 30.4. The predicted molar refractivity (Wildman–Crippen MR) is 222 cm³/mol. The molecule has 4 nitrogen and oxygen atoms in total. The van der Waals surface area contributed by atoms with Gasteiger partial charge in [0.15, 0.2) is 0 Å². The lowest BCUT2D eigenvalue weighted by Crippen LogP contribution is -2.28. The van der Waals surface area contributed by atoms with Gasteiger partial charge in [0.25, 0.3) is 0 Å². The lowest BCUT2D eigenvalue weighted by Gasteiger charge is -2.38. The van der Waals surface area contributed by atoms with E-state index in [-0.39, 0.29) is 17.4 Å². The van der Waals surface area contributed by atoms with Crippen LogP contribution in [0.15, 0.2) is 152 Å². The number of rotatable bonds is 2. The molecule has 256 valence electrons. The van der Waals surface area contributed by atoms with Crippen molar-refractivity contribution in [2.24, 2.45) is 0 Å². The van der Waals surface area contributed by atoms with Crippen LogP contribution in [0.25, 0.3) is 72.2 Å². The van der Waals surface area contributed by atoms with Crippen LogP contribution < -0.4 is 4.90 Å². The minimum atomic E-state index is -0.192. The maximum Gasteiger partial charge on any atom is 0.235 e. The Balaban J connectivity index is 1.17. The first kappa shape index (κ1) is 30.0. The average Bonchev–Trinajstić information content (AvgIpc) is 3.79. The van der Waals surface area contributed by atoms with Crippen LogP contribution in [0.1, 0.15) is 55.0 Å². The van der Waals surface area contributed by atoms with Crippen LogP contribution in [0.5, 0.6) is 0 Å². The molecule has 54 heavy (non-hydrogen) atoms. The molecule has 0 bridgehead atoms. The zero-order valence-corrected chi connectivity index (χ0v) is 30.4. The molecular weight excluding hydrogens is 657 g/mol. The summed E-state index contributed by atoms with van der Waals surface area (Å²) in [5.74, 6) is 0.949. The molecular formula is C50H36N4. The molecule has 0 fully saturated rings. The van der Waals surface area contributed by atoms with Gasteiger partial charge in [-0.15, -0.1) is 0 Å². The average molecular weight is 693 g/mol. The third-order valence-corrected chi connectivity index (χ3v) is 12.7. The summed E-state index contributed by atoms with van der Waals surface area (Å²) in [6, 6.07) is 55.6. The lowest BCUT2D eigenvalue weighted by molar-refractivity contribution is 0.619. The van der Waals surface area contributed by atoms with Gasteiger partial charge in [-0.05, 0) is 68.9 Å². The summed E-state index contributed by atoms with van der Waals surface area (Å²) in [4.78, 5) is 13.9. The molecule has 0 saturated heterocycles. The van der Waals surface area contributed by atoms with Crippen LogP contribution in [0.3, 0.4) is 0 Å². The molecule has 0 amide bonds. The lowest BCUT2D eigenvalue weighted by atomic mass is 9.80. The highest BCUT2D eigenvalue weighted by molar-refractivity contribution is 6.12. The molecule has 1 aliphatic carbocycles. The second-order valence-electron chi connectivity index (χ2n) is 15.8. The van der Waals surface area contributed by atoms with Gasteiger partial charge < -0.3 is 4.90 Å². The van der Waals surface area contributed by atoms with E-state index in [1.165, 1.54) is 66.3 Å². The molecule has 2 unspecified atom stereocenters. The van der Waals surface area contributed by atoms with Crippen molar-refractivity contribution < 1.29 is 0 Å². The Bertz CT molecular complexity index is 3040. The van der Waals surface area contributed by atoms with Gasteiger partial charge in [-0.25, -0.2) is 9.97 Å². The zero-order chi connectivity index (χ0) is 35.9. The normalized spacial score (nSPS) is 17.3. The van der Waals surface area contributed by atoms with Crippen molar-refractivity contribution in [2.45, 2.75) is 38.1 Å². The summed E-state index contributed by atoms with van der Waals surface area (Å²) >= 11 is 0. The second-order valence-corrected chi connectivity index (χ2v) is 15.8. The first-order valence-electron chi connectivity index (χ1n) is 19.0. The monoisotopic (exact) mass is 692 g/mol. The molecule has 2 aromatic heterocycles. The van der Waals surface area contributed by atoms with Crippen LogP contribution in [-0.4, -0.2) is 14.5 Å². The number of anilines is 2. The van der Waals surface area contributed by atoms with Crippen molar-refractivity contribution in [2.75, 3.05) is 4.90 Å². The molecule has 0 radical (unpaired) electrons. The van der Waals surface area contributed by atoms with Gasteiger partial charge in [-0.2, -0.15) is 0 Å². The van der Waals surface area contributed by atoms with Crippen LogP contribution >= 0.6 is 0 Å². The van der Waals surface area contributed by atoms with Crippen molar-refractivity contribution in [3.05, 3.63) is 174 Å². The van der Waals surface area contributed by atoms with Crippen LogP contribution in [0.4, 0.5) is 11.4 Å². The molecule has 4 heterocycles. The standard InChI is InChI=1S/C50H36N4/c1-29-32-18-9-12-22-40(32)53-42-24-14-11-21-36(42)47-44(48(29)53)46(31-16-5-4-6-17-31)51-49(52-47)54-41-23-13-10-20-34(41)38-27-37-35-26-25-30-15-7-8-19-33(30)45(35)50(2,3)39(37)28-43(38)54/h4-29,48H,1-3H3. The van der Waals surface area contributed by atoms with Gasteiger partial charge in [0.1, 0.15) is 0 Å². The fourth-order valence-electron chi connectivity index (χ4n) is 10.3. The topological polar surface area (TPSA) is 34.0 Å². The molecule has 4 heteroatoms. The number of aromatic nitrogens is 3. The summed E-state index contributed by atoms with van der Waals surface area (Å²) in [7, 11) is 0. The number of benzene rings is 7. The third kappa shape index (κ3) is 3.77. The van der Waals surface area contributed by atoms with E-state index >= 15 is 0 Å². The van der Waals surface area contributed by atoms with Crippen LogP contribution in [-0.2, 0) is 5.41 Å². The molecule has 2 aliphatic heterocycles. The summed E-state index contributed by atoms with van der Waals surface area (Å²) in [6.07, 6.45) is 0. The summed E-state index contributed by atoms with van der Waals surface area (Å²) in [6.45, 7) is 7.13. The minimum Gasteiger partial charge on any atom is -0.332 e. The van der Waals surface area contributed by atoms with Crippen LogP contribution in [0, 0.1) is 0 Å². The maximum absolute atomic E-state index is 5.68. The molecule has 3 aliphatic rings. The highest BCUT2D eigenvalue weighted by Gasteiger charge is 2.45. The molecule has 9 aromatic rings. The smallest absolute Gasteiger partial charge is 0.235 e. The highest BCUT2D eigenvalue weighted by atomic mass is 15.2. The molecule has 0 saturated carbocycles. The number of para-hydroxylation sites is 3. The Labute approximate surface area is 314 Å². The molecule has 0 N–H and O–H groups in total. The molecule has 2 atom stereocenters. The largest absolute Gasteiger partial charge is 0.332 e. The second kappa shape index (κ2) is 10.5. The first-order valence-corrected chi connectivity index (χ1v) is 19.0. The van der Waals surface area contributed by atoms with E-state index in [1.807, 2.05) is 0 Å². The van der Waals surface area contributed by atoms with Gasteiger partial charge in [-0.1, -0.05) is 142 Å². The molecule has 0 spiro atoms. The van der Waals surface area contributed by atoms with E-state index in [1.54, 1.807) is 0 Å². The number of fused-ring (bicyclic) bond motifs is 16. The van der Waals surface area contributed by atoms with Gasteiger partial charge >= 0.3 is 0 Å². The van der Waals surface area contributed by atoms with E-state index in [0.29, 0.717) is 5.95 Å². The van der Waals surface area contributed by atoms with Crippen LogP contribution in [0.2, 0.25) is 0 Å². The maximum atomic E-state index is 5.68. The Kier molecular flexibility index (Phi) is 5.86. The van der Waals surface area contributed by atoms with E-state index < -0.39 is 0 Å². The van der Waals surface area contributed by atoms with Gasteiger partial charge in [-0.3, -0.25) is 4.57 Å². The predicted octanol–water partition coefficient (Wildman–Crippen LogP) is 12.7. The fourth-order valence-corrected chi connectivity index (χ4v) is 10.3. The number of hydrogen-bond donors (Lipinski definition) is 0. The number of nitrogens with zero attached hydrogens (tertiary/aromatic N) is 4. The fraction of sp³-hybridized carbons (Fsp3) is 0.120. The van der Waals surface area contributed by atoms with Crippen molar-refractivity contribution in [1.82, 2.24) is 14.5 Å². The summed E-state index contributed by atoms with van der Waals surface area (Å²) in [5, 5.41) is 5.03. The summed E-state index contributed by atoms with van der Waals surface area (Å²) in [5.41, 5.74) is 16.7. The van der Waals surface area contributed by atoms with E-state index in [4.69, 9.17) is 9.97 Å². The van der Waals surface area contributed by atoms with Gasteiger partial charge in [0.05, 0.1) is 34.2 Å². The van der Waals surface area contributed by atoms with Crippen molar-refractivity contribution >= 4 is 44.0 Å². The Morgan fingerprint density at radius 1 is 0.556 bits per heavy atom. The minimum absolute atomic E-state index is 0.0621.